The Bertz CT molecular complexity index is 774. The highest BCUT2D eigenvalue weighted by Gasteiger charge is 2.20. The Morgan fingerprint density at radius 1 is 1.04 bits per heavy atom. The second-order valence-corrected chi connectivity index (χ2v) is 5.99. The van der Waals surface area contributed by atoms with Gasteiger partial charge in [-0.1, -0.05) is 24.3 Å². The molecule has 26 heavy (non-hydrogen) atoms. The minimum absolute atomic E-state index is 0.0487. The Labute approximate surface area is 153 Å². The van der Waals surface area contributed by atoms with Gasteiger partial charge in [0.25, 0.3) is 0 Å². The van der Waals surface area contributed by atoms with Crippen LogP contribution in [0.15, 0.2) is 48.5 Å². The summed E-state index contributed by atoms with van der Waals surface area (Å²) < 4.78 is 11.0. The van der Waals surface area contributed by atoms with Gasteiger partial charge in [0.1, 0.15) is 18.0 Å². The Morgan fingerprint density at radius 3 is 2.27 bits per heavy atom. The molecule has 0 radical (unpaired) electrons. The largest absolute Gasteiger partial charge is 0.495 e. The first-order valence-corrected chi connectivity index (χ1v) is 8.39. The molecule has 0 saturated carbocycles. The van der Waals surface area contributed by atoms with Crippen molar-refractivity contribution in [3.05, 3.63) is 48.5 Å². The fourth-order valence-corrected chi connectivity index (χ4v) is 2.48. The summed E-state index contributed by atoms with van der Waals surface area (Å²) >= 11 is 0. The lowest BCUT2D eigenvalue weighted by atomic mass is 10.2. The quantitative estimate of drug-likeness (QED) is 0.825. The van der Waals surface area contributed by atoms with Crippen molar-refractivity contribution in [2.75, 3.05) is 23.9 Å². The molecule has 0 heterocycles. The van der Waals surface area contributed by atoms with Crippen molar-refractivity contribution in [1.29, 1.82) is 0 Å². The summed E-state index contributed by atoms with van der Waals surface area (Å²) in [5.74, 6) is 0.533. The standard InChI is InChI=1S/C20H24N2O4/c1-14(2)26-19-12-8-6-10-17(19)22(15(3)23)13-20(24)21-16-9-5-7-11-18(16)25-4/h5-12,14H,13H2,1-4H3,(H,21,24). The van der Waals surface area contributed by atoms with Crippen molar-refractivity contribution in [2.45, 2.75) is 26.9 Å². The molecule has 0 aliphatic heterocycles. The highest BCUT2D eigenvalue weighted by Crippen LogP contribution is 2.29. The summed E-state index contributed by atoms with van der Waals surface area (Å²) in [4.78, 5) is 26.1. The topological polar surface area (TPSA) is 67.9 Å². The molecular weight excluding hydrogens is 332 g/mol. The summed E-state index contributed by atoms with van der Waals surface area (Å²) in [7, 11) is 1.53. The summed E-state index contributed by atoms with van der Waals surface area (Å²) in [5, 5.41) is 2.78. The van der Waals surface area contributed by atoms with Crippen LogP contribution in [0.1, 0.15) is 20.8 Å². The third-order valence-electron chi connectivity index (χ3n) is 3.58. The van der Waals surface area contributed by atoms with Crippen LogP contribution in [0.4, 0.5) is 11.4 Å². The van der Waals surface area contributed by atoms with Crippen LogP contribution in [0.2, 0.25) is 0 Å². The Balaban J connectivity index is 2.21. The van der Waals surface area contributed by atoms with E-state index < -0.39 is 0 Å². The Morgan fingerprint density at radius 2 is 1.65 bits per heavy atom. The molecule has 0 aromatic heterocycles. The van der Waals surface area contributed by atoms with E-state index in [4.69, 9.17) is 9.47 Å². The maximum absolute atomic E-state index is 12.5. The van der Waals surface area contributed by atoms with E-state index >= 15 is 0 Å². The van der Waals surface area contributed by atoms with E-state index in [-0.39, 0.29) is 24.5 Å². The second-order valence-electron chi connectivity index (χ2n) is 5.99. The van der Waals surface area contributed by atoms with E-state index in [2.05, 4.69) is 5.32 Å². The van der Waals surface area contributed by atoms with Gasteiger partial charge in [-0.3, -0.25) is 14.5 Å². The second kappa shape index (κ2) is 8.89. The summed E-state index contributed by atoms with van der Waals surface area (Å²) in [5.41, 5.74) is 1.11. The molecule has 2 aromatic rings. The van der Waals surface area contributed by atoms with Crippen LogP contribution in [0, 0.1) is 0 Å². The van der Waals surface area contributed by atoms with Crippen molar-refractivity contribution in [1.82, 2.24) is 0 Å². The van der Waals surface area contributed by atoms with E-state index in [9.17, 15) is 9.59 Å². The van der Waals surface area contributed by atoms with Crippen molar-refractivity contribution in [2.24, 2.45) is 0 Å². The van der Waals surface area contributed by atoms with Crippen molar-refractivity contribution in [3.8, 4) is 11.5 Å². The molecule has 0 aliphatic rings. The first kappa shape index (κ1) is 19.3. The summed E-state index contributed by atoms with van der Waals surface area (Å²) in [6.45, 7) is 5.10. The number of anilines is 2. The van der Waals surface area contributed by atoms with Crippen LogP contribution in [-0.4, -0.2) is 31.6 Å². The fourth-order valence-electron chi connectivity index (χ4n) is 2.48. The smallest absolute Gasteiger partial charge is 0.244 e. The molecule has 138 valence electrons. The molecule has 0 aliphatic carbocycles. The first-order valence-electron chi connectivity index (χ1n) is 8.39. The number of amides is 2. The number of carbonyl (C=O) groups excluding carboxylic acids is 2. The minimum Gasteiger partial charge on any atom is -0.495 e. The monoisotopic (exact) mass is 356 g/mol. The molecular formula is C20H24N2O4. The number of methoxy groups -OCH3 is 1. The van der Waals surface area contributed by atoms with Crippen LogP contribution < -0.4 is 19.7 Å². The zero-order chi connectivity index (χ0) is 19.1. The van der Waals surface area contributed by atoms with Crippen molar-refractivity contribution in [3.63, 3.8) is 0 Å². The molecule has 6 heteroatoms. The van der Waals surface area contributed by atoms with Gasteiger partial charge in [-0.25, -0.2) is 0 Å². The SMILES string of the molecule is COc1ccccc1NC(=O)CN(C(C)=O)c1ccccc1OC(C)C. The van der Waals surface area contributed by atoms with Gasteiger partial charge >= 0.3 is 0 Å². The van der Waals surface area contributed by atoms with Crippen LogP contribution >= 0.6 is 0 Å². The van der Waals surface area contributed by atoms with Gasteiger partial charge in [-0.15, -0.1) is 0 Å². The maximum atomic E-state index is 12.5. The van der Waals surface area contributed by atoms with Gasteiger partial charge in [-0.05, 0) is 38.1 Å². The van der Waals surface area contributed by atoms with Crippen molar-refractivity contribution < 1.29 is 19.1 Å². The lowest BCUT2D eigenvalue weighted by molar-refractivity contribution is -0.120. The molecule has 0 atom stereocenters. The molecule has 2 amide bonds. The predicted molar refractivity (Wildman–Crippen MR) is 102 cm³/mol. The molecule has 0 unspecified atom stereocenters. The summed E-state index contributed by atoms with van der Waals surface area (Å²) in [6, 6.07) is 14.3. The lowest BCUT2D eigenvalue weighted by Crippen LogP contribution is -2.37. The predicted octanol–water partition coefficient (Wildman–Crippen LogP) is 3.47. The van der Waals surface area contributed by atoms with Gasteiger partial charge in [-0.2, -0.15) is 0 Å². The van der Waals surface area contributed by atoms with Gasteiger partial charge < -0.3 is 14.8 Å². The maximum Gasteiger partial charge on any atom is 0.244 e. The number of ether oxygens (including phenoxy) is 2. The van der Waals surface area contributed by atoms with Crippen LogP contribution in [0.25, 0.3) is 0 Å². The number of hydrogen-bond donors (Lipinski definition) is 1. The first-order chi connectivity index (χ1) is 12.4. The highest BCUT2D eigenvalue weighted by atomic mass is 16.5. The molecule has 0 saturated heterocycles. The van der Waals surface area contributed by atoms with Gasteiger partial charge in [0.2, 0.25) is 11.8 Å². The van der Waals surface area contributed by atoms with E-state index in [0.717, 1.165) is 0 Å². The Hall–Kier alpha value is -3.02. The van der Waals surface area contributed by atoms with Crippen LogP contribution in [0.5, 0.6) is 11.5 Å². The van der Waals surface area contributed by atoms with E-state index in [1.54, 1.807) is 36.4 Å². The molecule has 2 aromatic carbocycles. The van der Waals surface area contributed by atoms with Crippen LogP contribution in [0.3, 0.4) is 0 Å². The fraction of sp³-hybridized carbons (Fsp3) is 0.300. The average molecular weight is 356 g/mol. The third kappa shape index (κ3) is 4.99. The van der Waals surface area contributed by atoms with E-state index in [0.29, 0.717) is 22.9 Å². The number of nitrogens with one attached hydrogen (secondary N) is 1. The molecule has 6 nitrogen and oxygen atoms in total. The molecule has 0 spiro atoms. The van der Waals surface area contributed by atoms with Crippen molar-refractivity contribution >= 4 is 23.2 Å². The van der Waals surface area contributed by atoms with E-state index in [1.165, 1.54) is 18.9 Å². The zero-order valence-electron chi connectivity index (χ0n) is 15.5. The number of carbonyl (C=O) groups is 2. The van der Waals surface area contributed by atoms with Gasteiger partial charge in [0, 0.05) is 6.92 Å². The van der Waals surface area contributed by atoms with Crippen LogP contribution in [-0.2, 0) is 9.59 Å². The number of hydrogen-bond acceptors (Lipinski definition) is 4. The minimum atomic E-state index is -0.330. The lowest BCUT2D eigenvalue weighted by Gasteiger charge is -2.24. The Kier molecular flexibility index (Phi) is 6.60. The molecule has 2 rings (SSSR count). The number of para-hydroxylation sites is 4. The normalized spacial score (nSPS) is 10.3. The van der Waals surface area contributed by atoms with Gasteiger partial charge in [0.05, 0.1) is 24.6 Å². The summed E-state index contributed by atoms with van der Waals surface area (Å²) in [6.07, 6.45) is -0.0487. The molecule has 1 N–H and O–H groups in total. The van der Waals surface area contributed by atoms with E-state index in [1.807, 2.05) is 26.0 Å². The highest BCUT2D eigenvalue weighted by molar-refractivity contribution is 6.03. The van der Waals surface area contributed by atoms with Gasteiger partial charge in [0.15, 0.2) is 0 Å². The molecule has 0 fully saturated rings. The zero-order valence-corrected chi connectivity index (χ0v) is 15.5. The average Bonchev–Trinajstić information content (AvgIpc) is 2.60. The number of rotatable bonds is 7. The molecule has 0 bridgehead atoms. The third-order valence-corrected chi connectivity index (χ3v) is 3.58. The number of nitrogens with zero attached hydrogens (tertiary/aromatic N) is 1. The number of benzene rings is 2.